The van der Waals surface area contributed by atoms with Crippen molar-refractivity contribution in [3.8, 4) is 0 Å². The second-order valence-corrected chi connectivity index (χ2v) is 7.87. The van der Waals surface area contributed by atoms with E-state index in [1.54, 1.807) is 4.90 Å². The fourth-order valence-electron chi connectivity index (χ4n) is 3.81. The summed E-state index contributed by atoms with van der Waals surface area (Å²) in [5.41, 5.74) is 2.45. The van der Waals surface area contributed by atoms with Crippen LogP contribution in [0.5, 0.6) is 0 Å². The zero-order chi connectivity index (χ0) is 18.5. The summed E-state index contributed by atoms with van der Waals surface area (Å²) in [6.45, 7) is 6.87. The molecule has 2 heterocycles. The third-order valence-corrected chi connectivity index (χ3v) is 5.47. The average Bonchev–Trinajstić information content (AvgIpc) is 2.64. The SMILES string of the molecule is CC(C)c1ccc(N[C@@H]2CCCN(C(=O)CN3CCCCC3=O)C2)cc1. The summed E-state index contributed by atoms with van der Waals surface area (Å²) in [4.78, 5) is 28.2. The smallest absolute Gasteiger partial charge is 0.242 e. The van der Waals surface area contributed by atoms with Crippen LogP contribution in [0.2, 0.25) is 0 Å². The zero-order valence-corrected chi connectivity index (χ0v) is 16.0. The van der Waals surface area contributed by atoms with Crippen LogP contribution < -0.4 is 5.32 Å². The van der Waals surface area contributed by atoms with E-state index in [1.165, 1.54) is 5.56 Å². The summed E-state index contributed by atoms with van der Waals surface area (Å²) >= 11 is 0. The third kappa shape index (κ3) is 4.77. The number of amides is 2. The molecule has 26 heavy (non-hydrogen) atoms. The van der Waals surface area contributed by atoms with E-state index in [0.29, 0.717) is 18.9 Å². The molecule has 2 aliphatic rings. The number of nitrogens with zero attached hydrogens (tertiary/aromatic N) is 2. The molecule has 3 rings (SSSR count). The number of carbonyl (C=O) groups is 2. The number of anilines is 1. The van der Waals surface area contributed by atoms with Crippen LogP contribution in [0, 0.1) is 0 Å². The van der Waals surface area contributed by atoms with Crippen molar-refractivity contribution in [3.63, 3.8) is 0 Å². The first-order valence-corrected chi connectivity index (χ1v) is 9.95. The Morgan fingerprint density at radius 1 is 1.15 bits per heavy atom. The summed E-state index contributed by atoms with van der Waals surface area (Å²) in [5, 5.41) is 3.57. The molecular weight excluding hydrogens is 326 g/mol. The molecule has 1 aromatic carbocycles. The van der Waals surface area contributed by atoms with E-state index in [4.69, 9.17) is 0 Å². The van der Waals surface area contributed by atoms with Crippen LogP contribution in [0.3, 0.4) is 0 Å². The summed E-state index contributed by atoms with van der Waals surface area (Å²) in [6.07, 6.45) is 4.62. The van der Waals surface area contributed by atoms with Gasteiger partial charge in [0.2, 0.25) is 11.8 Å². The van der Waals surface area contributed by atoms with Crippen LogP contribution in [0.4, 0.5) is 5.69 Å². The molecule has 0 aromatic heterocycles. The maximum absolute atomic E-state index is 12.6. The van der Waals surface area contributed by atoms with Crippen molar-refractivity contribution >= 4 is 17.5 Å². The summed E-state index contributed by atoms with van der Waals surface area (Å²) in [7, 11) is 0. The molecular formula is C21H31N3O2. The van der Waals surface area contributed by atoms with Crippen molar-refractivity contribution in [2.75, 3.05) is 31.5 Å². The molecule has 2 amide bonds. The first-order valence-electron chi connectivity index (χ1n) is 9.95. The summed E-state index contributed by atoms with van der Waals surface area (Å²) in [6, 6.07) is 8.86. The van der Waals surface area contributed by atoms with Crippen LogP contribution >= 0.6 is 0 Å². The highest BCUT2D eigenvalue weighted by Gasteiger charge is 2.27. The average molecular weight is 357 g/mol. The second-order valence-electron chi connectivity index (χ2n) is 7.87. The molecule has 0 bridgehead atoms. The van der Waals surface area contributed by atoms with E-state index in [0.717, 1.165) is 44.5 Å². The van der Waals surface area contributed by atoms with Gasteiger partial charge in [0.05, 0.1) is 6.54 Å². The Morgan fingerprint density at radius 3 is 2.62 bits per heavy atom. The monoisotopic (exact) mass is 357 g/mol. The highest BCUT2D eigenvalue weighted by Crippen LogP contribution is 2.20. The van der Waals surface area contributed by atoms with Gasteiger partial charge < -0.3 is 15.1 Å². The number of hydrogen-bond acceptors (Lipinski definition) is 3. The van der Waals surface area contributed by atoms with Crippen LogP contribution in [0.1, 0.15) is 57.4 Å². The number of likely N-dealkylation sites (tertiary alicyclic amines) is 2. The van der Waals surface area contributed by atoms with E-state index in [1.807, 2.05) is 4.90 Å². The fraction of sp³-hybridized carbons (Fsp3) is 0.619. The molecule has 5 nitrogen and oxygen atoms in total. The summed E-state index contributed by atoms with van der Waals surface area (Å²) < 4.78 is 0. The second kappa shape index (κ2) is 8.56. The van der Waals surface area contributed by atoms with Gasteiger partial charge in [0, 0.05) is 37.8 Å². The van der Waals surface area contributed by atoms with Crippen molar-refractivity contribution < 1.29 is 9.59 Å². The number of benzene rings is 1. The standard InChI is InChI=1S/C21H31N3O2/c1-16(2)17-8-10-18(11-9-17)22-19-6-5-13-23(14-19)21(26)15-24-12-4-3-7-20(24)25/h8-11,16,19,22H,3-7,12-15H2,1-2H3/t19-/m1/s1. The zero-order valence-electron chi connectivity index (χ0n) is 16.0. The lowest BCUT2D eigenvalue weighted by molar-refractivity contribution is -0.142. The minimum atomic E-state index is 0.0851. The maximum Gasteiger partial charge on any atom is 0.242 e. The molecule has 1 aromatic rings. The third-order valence-electron chi connectivity index (χ3n) is 5.47. The highest BCUT2D eigenvalue weighted by molar-refractivity contribution is 5.85. The Morgan fingerprint density at radius 2 is 1.92 bits per heavy atom. The van der Waals surface area contributed by atoms with Gasteiger partial charge in [0.1, 0.15) is 0 Å². The lowest BCUT2D eigenvalue weighted by atomic mass is 10.0. The van der Waals surface area contributed by atoms with Gasteiger partial charge in [-0.1, -0.05) is 26.0 Å². The van der Waals surface area contributed by atoms with Gasteiger partial charge in [-0.2, -0.15) is 0 Å². The van der Waals surface area contributed by atoms with Crippen LogP contribution in [0.25, 0.3) is 0 Å². The molecule has 5 heteroatoms. The van der Waals surface area contributed by atoms with Gasteiger partial charge in [-0.15, -0.1) is 0 Å². The van der Waals surface area contributed by atoms with Crippen molar-refractivity contribution in [2.24, 2.45) is 0 Å². The number of piperidine rings is 2. The fourth-order valence-corrected chi connectivity index (χ4v) is 3.81. The van der Waals surface area contributed by atoms with Crippen LogP contribution in [-0.2, 0) is 9.59 Å². The minimum absolute atomic E-state index is 0.0851. The van der Waals surface area contributed by atoms with Crippen molar-refractivity contribution in [1.82, 2.24) is 9.80 Å². The van der Waals surface area contributed by atoms with Crippen molar-refractivity contribution in [2.45, 2.75) is 57.9 Å². The van der Waals surface area contributed by atoms with E-state index < -0.39 is 0 Å². The molecule has 0 unspecified atom stereocenters. The molecule has 0 aliphatic carbocycles. The van der Waals surface area contributed by atoms with E-state index >= 15 is 0 Å². The van der Waals surface area contributed by atoms with Gasteiger partial charge in [-0.3, -0.25) is 9.59 Å². The van der Waals surface area contributed by atoms with Gasteiger partial charge >= 0.3 is 0 Å². The van der Waals surface area contributed by atoms with Crippen molar-refractivity contribution in [1.29, 1.82) is 0 Å². The van der Waals surface area contributed by atoms with Crippen LogP contribution in [0.15, 0.2) is 24.3 Å². The van der Waals surface area contributed by atoms with Gasteiger partial charge in [-0.05, 0) is 49.3 Å². The number of carbonyl (C=O) groups excluding carboxylic acids is 2. The van der Waals surface area contributed by atoms with Crippen LogP contribution in [-0.4, -0.2) is 53.8 Å². The quantitative estimate of drug-likeness (QED) is 0.880. The summed E-state index contributed by atoms with van der Waals surface area (Å²) in [5.74, 6) is 0.743. The lowest BCUT2D eigenvalue weighted by Crippen LogP contribution is -2.50. The van der Waals surface area contributed by atoms with Gasteiger partial charge in [0.15, 0.2) is 0 Å². The normalized spacial score (nSPS) is 21.2. The lowest BCUT2D eigenvalue weighted by Gasteiger charge is -2.35. The first kappa shape index (κ1) is 18.7. The molecule has 1 atom stereocenters. The Balaban J connectivity index is 1.53. The Kier molecular flexibility index (Phi) is 6.17. The molecule has 1 N–H and O–H groups in total. The topological polar surface area (TPSA) is 52.7 Å². The van der Waals surface area contributed by atoms with Crippen molar-refractivity contribution in [3.05, 3.63) is 29.8 Å². The Labute approximate surface area is 156 Å². The van der Waals surface area contributed by atoms with E-state index in [9.17, 15) is 9.59 Å². The minimum Gasteiger partial charge on any atom is -0.381 e. The van der Waals surface area contributed by atoms with E-state index in [2.05, 4.69) is 43.4 Å². The highest BCUT2D eigenvalue weighted by atomic mass is 16.2. The largest absolute Gasteiger partial charge is 0.381 e. The molecule has 2 aliphatic heterocycles. The molecule has 0 radical (unpaired) electrons. The first-order chi connectivity index (χ1) is 12.5. The predicted octanol–water partition coefficient (Wildman–Crippen LogP) is 3.23. The predicted molar refractivity (Wildman–Crippen MR) is 104 cm³/mol. The Hall–Kier alpha value is -2.04. The number of hydrogen-bond donors (Lipinski definition) is 1. The number of rotatable bonds is 5. The van der Waals surface area contributed by atoms with Gasteiger partial charge in [0.25, 0.3) is 0 Å². The van der Waals surface area contributed by atoms with Gasteiger partial charge in [-0.25, -0.2) is 0 Å². The molecule has 2 fully saturated rings. The number of nitrogens with one attached hydrogen (secondary N) is 1. The maximum atomic E-state index is 12.6. The molecule has 0 saturated carbocycles. The molecule has 142 valence electrons. The molecule has 0 spiro atoms. The molecule has 2 saturated heterocycles. The van der Waals surface area contributed by atoms with E-state index in [-0.39, 0.29) is 24.4 Å². The Bertz CT molecular complexity index is 627.